The van der Waals surface area contributed by atoms with Gasteiger partial charge in [-0.2, -0.15) is 0 Å². The number of hydrogen-bond donors (Lipinski definition) is 1. The van der Waals surface area contributed by atoms with Gasteiger partial charge in [-0.1, -0.05) is 23.8 Å². The quantitative estimate of drug-likeness (QED) is 0.347. The van der Waals surface area contributed by atoms with Gasteiger partial charge in [0.2, 0.25) is 5.91 Å². The topological polar surface area (TPSA) is 128 Å². The second-order valence-corrected chi connectivity index (χ2v) is 9.48. The van der Waals surface area contributed by atoms with E-state index in [4.69, 9.17) is 9.47 Å². The second kappa shape index (κ2) is 10.4. The Hall–Kier alpha value is -4.12. The summed E-state index contributed by atoms with van der Waals surface area (Å²) in [5, 5.41) is 13.8. The highest BCUT2D eigenvalue weighted by Gasteiger charge is 2.29. The van der Waals surface area contributed by atoms with Gasteiger partial charge in [0.05, 0.1) is 41.0 Å². The monoisotopic (exact) mass is 499 g/mol. The molecule has 0 atom stereocenters. The van der Waals surface area contributed by atoms with E-state index in [1.807, 2.05) is 6.92 Å². The lowest BCUT2D eigenvalue weighted by atomic mass is 10.1. The standard InChI is InChI=1S/C24H25N3O7S/c1-16-8-10-18(11-9-16)26(35(31,32)19-12-13-22(33-3)23(14-19)34-4)15-24(28)25-20-6-5-7-21(17(20)2)27(29)30/h5-14H,15H2,1-4H3,(H,25,28). The molecule has 0 aliphatic carbocycles. The number of methoxy groups -OCH3 is 2. The molecule has 0 saturated heterocycles. The van der Waals surface area contributed by atoms with Crippen LogP contribution in [0.25, 0.3) is 0 Å². The van der Waals surface area contributed by atoms with Crippen molar-refractivity contribution in [2.45, 2.75) is 18.7 Å². The molecule has 11 heteroatoms. The predicted octanol–water partition coefficient (Wildman–Crippen LogP) is 4.06. The van der Waals surface area contributed by atoms with Gasteiger partial charge >= 0.3 is 0 Å². The van der Waals surface area contributed by atoms with Crippen LogP contribution >= 0.6 is 0 Å². The van der Waals surface area contributed by atoms with E-state index in [0.29, 0.717) is 5.75 Å². The highest BCUT2D eigenvalue weighted by molar-refractivity contribution is 7.92. The van der Waals surface area contributed by atoms with Crippen LogP contribution in [-0.2, 0) is 14.8 Å². The lowest BCUT2D eigenvalue weighted by Gasteiger charge is -2.25. The summed E-state index contributed by atoms with van der Waals surface area (Å²) in [4.78, 5) is 23.5. The molecule has 10 nitrogen and oxygen atoms in total. The molecule has 1 amide bonds. The number of anilines is 2. The SMILES string of the molecule is COc1ccc(S(=O)(=O)N(CC(=O)Nc2cccc([N+](=O)[O-])c2C)c2ccc(C)cc2)cc1OC. The molecule has 0 fully saturated rings. The van der Waals surface area contributed by atoms with Crippen molar-refractivity contribution in [1.82, 2.24) is 0 Å². The number of nitrogens with one attached hydrogen (secondary N) is 1. The molecule has 0 spiro atoms. The summed E-state index contributed by atoms with van der Waals surface area (Å²) < 4.78 is 38.7. The summed E-state index contributed by atoms with van der Waals surface area (Å²) in [5.41, 5.74) is 1.51. The zero-order valence-electron chi connectivity index (χ0n) is 19.6. The van der Waals surface area contributed by atoms with Crippen LogP contribution < -0.4 is 19.1 Å². The minimum atomic E-state index is -4.21. The maximum absolute atomic E-state index is 13.6. The molecule has 0 bridgehead atoms. The Morgan fingerprint density at radius 3 is 2.26 bits per heavy atom. The van der Waals surface area contributed by atoms with Gasteiger partial charge in [0, 0.05) is 12.1 Å². The van der Waals surface area contributed by atoms with E-state index in [-0.39, 0.29) is 33.3 Å². The Morgan fingerprint density at radius 1 is 1.00 bits per heavy atom. The highest BCUT2D eigenvalue weighted by Crippen LogP contribution is 2.32. The number of nitrogens with zero attached hydrogens (tertiary/aromatic N) is 2. The van der Waals surface area contributed by atoms with Gasteiger partial charge < -0.3 is 14.8 Å². The predicted molar refractivity (Wildman–Crippen MR) is 132 cm³/mol. The van der Waals surface area contributed by atoms with Gasteiger partial charge in [-0.15, -0.1) is 0 Å². The molecule has 0 unspecified atom stereocenters. The molecule has 0 radical (unpaired) electrons. The number of carbonyl (C=O) groups is 1. The third-order valence-electron chi connectivity index (χ3n) is 5.33. The molecule has 184 valence electrons. The number of amides is 1. The summed E-state index contributed by atoms with van der Waals surface area (Å²) in [6.07, 6.45) is 0. The average Bonchev–Trinajstić information content (AvgIpc) is 2.83. The molecule has 1 N–H and O–H groups in total. The number of rotatable bonds is 9. The van der Waals surface area contributed by atoms with Crippen LogP contribution in [0.1, 0.15) is 11.1 Å². The van der Waals surface area contributed by atoms with E-state index in [9.17, 15) is 23.3 Å². The van der Waals surface area contributed by atoms with E-state index in [0.717, 1.165) is 9.87 Å². The summed E-state index contributed by atoms with van der Waals surface area (Å²) in [5.74, 6) is -0.0976. The molecule has 0 aliphatic rings. The van der Waals surface area contributed by atoms with E-state index < -0.39 is 27.4 Å². The molecule has 0 saturated carbocycles. The van der Waals surface area contributed by atoms with E-state index in [1.165, 1.54) is 57.5 Å². The molecule has 0 aliphatic heterocycles. The lowest BCUT2D eigenvalue weighted by molar-refractivity contribution is -0.385. The number of benzene rings is 3. The van der Waals surface area contributed by atoms with Crippen LogP contribution in [0.2, 0.25) is 0 Å². The first kappa shape index (κ1) is 25.5. The number of nitro groups is 1. The van der Waals surface area contributed by atoms with Gasteiger partial charge in [0.25, 0.3) is 15.7 Å². The van der Waals surface area contributed by atoms with Crippen LogP contribution in [0.15, 0.2) is 65.6 Å². The third-order valence-corrected chi connectivity index (χ3v) is 7.10. The molecule has 35 heavy (non-hydrogen) atoms. The minimum absolute atomic E-state index is 0.102. The Morgan fingerprint density at radius 2 is 1.66 bits per heavy atom. The fourth-order valence-electron chi connectivity index (χ4n) is 3.41. The third kappa shape index (κ3) is 5.52. The fraction of sp³-hybridized carbons (Fsp3) is 0.208. The summed E-state index contributed by atoms with van der Waals surface area (Å²) in [7, 11) is -1.39. The first-order valence-corrected chi connectivity index (χ1v) is 11.9. The minimum Gasteiger partial charge on any atom is -0.493 e. The van der Waals surface area contributed by atoms with E-state index in [1.54, 1.807) is 24.3 Å². The summed E-state index contributed by atoms with van der Waals surface area (Å²) in [6.45, 7) is 2.79. The Labute approximate surface area is 203 Å². The summed E-state index contributed by atoms with van der Waals surface area (Å²) >= 11 is 0. The van der Waals surface area contributed by atoms with Crippen LogP contribution in [0.4, 0.5) is 17.1 Å². The zero-order valence-corrected chi connectivity index (χ0v) is 20.5. The maximum atomic E-state index is 13.6. The maximum Gasteiger partial charge on any atom is 0.274 e. The second-order valence-electron chi connectivity index (χ2n) is 7.62. The van der Waals surface area contributed by atoms with Crippen molar-refractivity contribution in [2.24, 2.45) is 0 Å². The van der Waals surface area contributed by atoms with E-state index >= 15 is 0 Å². The molecule has 3 aromatic rings. The van der Waals surface area contributed by atoms with Gasteiger partial charge in [-0.25, -0.2) is 8.42 Å². The van der Waals surface area contributed by atoms with Crippen molar-refractivity contribution in [3.05, 3.63) is 81.9 Å². The van der Waals surface area contributed by atoms with Gasteiger partial charge in [-0.3, -0.25) is 19.2 Å². The average molecular weight is 500 g/mol. The number of nitro benzene ring substituents is 1. The number of aryl methyl sites for hydroxylation is 1. The number of carbonyl (C=O) groups excluding carboxylic acids is 1. The van der Waals surface area contributed by atoms with Crippen molar-refractivity contribution in [1.29, 1.82) is 0 Å². The molecule has 3 rings (SSSR count). The smallest absolute Gasteiger partial charge is 0.274 e. The fourth-order valence-corrected chi connectivity index (χ4v) is 4.84. The van der Waals surface area contributed by atoms with Crippen molar-refractivity contribution in [3.8, 4) is 11.5 Å². The van der Waals surface area contributed by atoms with Crippen molar-refractivity contribution >= 4 is 33.0 Å². The number of hydrogen-bond acceptors (Lipinski definition) is 7. The molecule has 0 heterocycles. The van der Waals surface area contributed by atoms with Crippen LogP contribution in [0.5, 0.6) is 11.5 Å². The van der Waals surface area contributed by atoms with Crippen molar-refractivity contribution < 1.29 is 27.6 Å². The van der Waals surface area contributed by atoms with Crippen molar-refractivity contribution in [3.63, 3.8) is 0 Å². The molecular weight excluding hydrogens is 474 g/mol. The van der Waals surface area contributed by atoms with Gasteiger partial charge in [0.15, 0.2) is 11.5 Å². The van der Waals surface area contributed by atoms with Crippen LogP contribution in [0, 0.1) is 24.0 Å². The summed E-state index contributed by atoms with van der Waals surface area (Å²) in [6, 6.07) is 15.1. The Kier molecular flexibility index (Phi) is 7.60. The Balaban J connectivity index is 2.00. The van der Waals surface area contributed by atoms with Crippen LogP contribution in [-0.4, -0.2) is 40.0 Å². The Bertz CT molecular complexity index is 1360. The number of ether oxygens (including phenoxy) is 2. The van der Waals surface area contributed by atoms with Crippen LogP contribution in [0.3, 0.4) is 0 Å². The largest absolute Gasteiger partial charge is 0.493 e. The first-order chi connectivity index (χ1) is 16.6. The lowest BCUT2D eigenvalue weighted by Crippen LogP contribution is -2.38. The highest BCUT2D eigenvalue weighted by atomic mass is 32.2. The zero-order chi connectivity index (χ0) is 25.8. The number of sulfonamides is 1. The van der Waals surface area contributed by atoms with Crippen molar-refractivity contribution in [2.75, 3.05) is 30.4 Å². The van der Waals surface area contributed by atoms with E-state index in [2.05, 4.69) is 5.32 Å². The van der Waals surface area contributed by atoms with Gasteiger partial charge in [-0.05, 0) is 44.2 Å². The van der Waals surface area contributed by atoms with Gasteiger partial charge in [0.1, 0.15) is 6.54 Å². The normalized spacial score (nSPS) is 11.0. The molecular formula is C24H25N3O7S. The first-order valence-electron chi connectivity index (χ1n) is 10.4. The molecule has 3 aromatic carbocycles. The molecule has 0 aromatic heterocycles.